The average Bonchev–Trinajstić information content (AvgIpc) is 2.81. The highest BCUT2D eigenvalue weighted by Gasteiger charge is 2.16. The van der Waals surface area contributed by atoms with Crippen LogP contribution in [0.4, 0.5) is 0 Å². The molecule has 0 aliphatic carbocycles. The van der Waals surface area contributed by atoms with Gasteiger partial charge < -0.3 is 0 Å². The largest absolute Gasteiger partial charge is 0.299 e. The zero-order valence-electron chi connectivity index (χ0n) is 19.4. The minimum absolute atomic E-state index is 0.248. The summed E-state index contributed by atoms with van der Waals surface area (Å²) < 4.78 is 0. The van der Waals surface area contributed by atoms with Gasteiger partial charge in [-0.05, 0) is 44.1 Å². The van der Waals surface area contributed by atoms with Gasteiger partial charge in [-0.2, -0.15) is 0 Å². The van der Waals surface area contributed by atoms with Crippen molar-refractivity contribution in [3.8, 4) is 0 Å². The minimum Gasteiger partial charge on any atom is -0.299 e. The first kappa shape index (κ1) is 25.0. The van der Waals surface area contributed by atoms with Crippen molar-refractivity contribution in [1.82, 2.24) is 0 Å². The Hall–Kier alpha value is -2.22. The van der Waals surface area contributed by atoms with Crippen LogP contribution in [0.15, 0.2) is 60.7 Å². The molecule has 1 atom stereocenters. The second-order valence-electron chi connectivity index (χ2n) is 8.74. The third-order valence-corrected chi connectivity index (χ3v) is 6.13. The second kappa shape index (κ2) is 15.6. The number of ketones is 2. The number of carbonyl (C=O) groups is 2. The number of unbranched alkanes of at least 4 members (excludes halogenated alkanes) is 5. The molecule has 0 aromatic heterocycles. The molecule has 0 N–H and O–H groups in total. The third-order valence-electron chi connectivity index (χ3n) is 6.13. The normalized spacial score (nSPS) is 11.9. The van der Waals surface area contributed by atoms with Crippen molar-refractivity contribution in [1.29, 1.82) is 0 Å². The number of hydrogen-bond acceptors (Lipinski definition) is 2. The van der Waals surface area contributed by atoms with E-state index < -0.39 is 0 Å². The second-order valence-corrected chi connectivity index (χ2v) is 8.74. The standard InChI is InChI=1S/C29H40O2/c1-2-16-26(22-15-19-25-17-9-7-10-18-25)28(30)23-13-5-3-4-6-14-24-29(31)27-20-11-8-12-21-27/h7-12,17-18,20-21,26H,2-6,13-16,19,22-24H2,1H3. The van der Waals surface area contributed by atoms with Crippen LogP contribution >= 0.6 is 0 Å². The van der Waals surface area contributed by atoms with Crippen LogP contribution in [0.2, 0.25) is 0 Å². The van der Waals surface area contributed by atoms with Crippen LogP contribution in [0.25, 0.3) is 0 Å². The van der Waals surface area contributed by atoms with Crippen LogP contribution in [-0.4, -0.2) is 11.6 Å². The smallest absolute Gasteiger partial charge is 0.162 e. The Morgan fingerprint density at radius 3 is 1.90 bits per heavy atom. The Bertz CT molecular complexity index is 736. The van der Waals surface area contributed by atoms with Crippen molar-refractivity contribution >= 4 is 11.6 Å². The summed E-state index contributed by atoms with van der Waals surface area (Å²) in [5.41, 5.74) is 2.20. The van der Waals surface area contributed by atoms with Crippen LogP contribution in [0.1, 0.15) is 99.9 Å². The molecular formula is C29H40O2. The number of rotatable bonds is 17. The van der Waals surface area contributed by atoms with Crippen molar-refractivity contribution < 1.29 is 9.59 Å². The van der Waals surface area contributed by atoms with Crippen LogP contribution in [0.3, 0.4) is 0 Å². The van der Waals surface area contributed by atoms with Gasteiger partial charge in [0.1, 0.15) is 5.78 Å². The molecule has 0 bridgehead atoms. The van der Waals surface area contributed by atoms with Crippen LogP contribution in [0, 0.1) is 5.92 Å². The van der Waals surface area contributed by atoms with Gasteiger partial charge >= 0.3 is 0 Å². The number of carbonyl (C=O) groups excluding carboxylic acids is 2. The van der Waals surface area contributed by atoms with Crippen molar-refractivity contribution in [2.75, 3.05) is 0 Å². The summed E-state index contributed by atoms with van der Waals surface area (Å²) in [6, 6.07) is 20.2. The molecule has 2 aromatic rings. The molecule has 31 heavy (non-hydrogen) atoms. The maximum atomic E-state index is 12.7. The average molecular weight is 421 g/mol. The topological polar surface area (TPSA) is 34.1 Å². The first-order valence-corrected chi connectivity index (χ1v) is 12.4. The van der Waals surface area contributed by atoms with Gasteiger partial charge in [-0.3, -0.25) is 9.59 Å². The molecule has 0 saturated carbocycles. The summed E-state index contributed by atoms with van der Waals surface area (Å²) in [6.45, 7) is 2.18. The van der Waals surface area contributed by atoms with Crippen molar-refractivity contribution in [2.24, 2.45) is 5.92 Å². The summed E-state index contributed by atoms with van der Waals surface area (Å²) >= 11 is 0. The highest BCUT2D eigenvalue weighted by Crippen LogP contribution is 2.20. The molecule has 0 amide bonds. The SMILES string of the molecule is CCCC(CCCc1ccccc1)C(=O)CCCCCCCCC(=O)c1ccccc1. The summed E-state index contributed by atoms with van der Waals surface area (Å²) in [4.78, 5) is 24.8. The first-order chi connectivity index (χ1) is 15.2. The van der Waals surface area contributed by atoms with Gasteiger partial charge in [0.25, 0.3) is 0 Å². The molecule has 0 heterocycles. The van der Waals surface area contributed by atoms with Gasteiger partial charge in [0.2, 0.25) is 0 Å². The van der Waals surface area contributed by atoms with E-state index in [0.29, 0.717) is 12.2 Å². The predicted molar refractivity (Wildman–Crippen MR) is 130 cm³/mol. The van der Waals surface area contributed by atoms with E-state index in [1.54, 1.807) is 0 Å². The Balaban J connectivity index is 1.52. The lowest BCUT2D eigenvalue weighted by Gasteiger charge is -2.15. The predicted octanol–water partition coefficient (Wildman–Crippen LogP) is 8.00. The molecule has 2 aromatic carbocycles. The van der Waals surface area contributed by atoms with E-state index in [9.17, 15) is 9.59 Å². The minimum atomic E-state index is 0.248. The maximum Gasteiger partial charge on any atom is 0.162 e. The number of Topliss-reactive ketones (excluding diaryl/α,β-unsaturated/α-hetero) is 2. The summed E-state index contributed by atoms with van der Waals surface area (Å²) in [7, 11) is 0. The quantitative estimate of drug-likeness (QED) is 0.192. The number of benzene rings is 2. The monoisotopic (exact) mass is 420 g/mol. The van der Waals surface area contributed by atoms with Gasteiger partial charge in [0.05, 0.1) is 0 Å². The lowest BCUT2D eigenvalue weighted by atomic mass is 9.89. The molecule has 2 nitrogen and oxygen atoms in total. The van der Waals surface area contributed by atoms with Crippen LogP contribution in [-0.2, 0) is 11.2 Å². The fraction of sp³-hybridized carbons (Fsp3) is 0.517. The Morgan fingerprint density at radius 2 is 1.26 bits per heavy atom. The molecule has 0 saturated heterocycles. The van der Waals surface area contributed by atoms with Crippen molar-refractivity contribution in [2.45, 2.75) is 90.4 Å². The molecule has 0 radical (unpaired) electrons. The Labute approximate surface area is 189 Å². The summed E-state index contributed by atoms with van der Waals surface area (Å²) in [5, 5.41) is 0. The van der Waals surface area contributed by atoms with E-state index in [1.807, 2.05) is 30.3 Å². The molecule has 0 aliphatic rings. The molecule has 2 heteroatoms. The van der Waals surface area contributed by atoms with E-state index in [-0.39, 0.29) is 11.7 Å². The van der Waals surface area contributed by atoms with Gasteiger partial charge in [0, 0.05) is 24.3 Å². The van der Waals surface area contributed by atoms with Crippen molar-refractivity contribution in [3.63, 3.8) is 0 Å². The van der Waals surface area contributed by atoms with Gasteiger partial charge in [-0.15, -0.1) is 0 Å². The van der Waals surface area contributed by atoms with Crippen LogP contribution in [0.5, 0.6) is 0 Å². The molecule has 0 spiro atoms. The molecule has 2 rings (SSSR count). The molecule has 168 valence electrons. The maximum absolute atomic E-state index is 12.7. The third kappa shape index (κ3) is 10.6. The fourth-order valence-corrected chi connectivity index (χ4v) is 4.28. The van der Waals surface area contributed by atoms with Crippen molar-refractivity contribution in [3.05, 3.63) is 71.8 Å². The molecular weight excluding hydrogens is 380 g/mol. The zero-order chi connectivity index (χ0) is 22.2. The zero-order valence-corrected chi connectivity index (χ0v) is 19.4. The number of aryl methyl sites for hydroxylation is 1. The Kier molecular flexibility index (Phi) is 12.6. The van der Waals surface area contributed by atoms with E-state index in [4.69, 9.17) is 0 Å². The highest BCUT2D eigenvalue weighted by molar-refractivity contribution is 5.95. The highest BCUT2D eigenvalue weighted by atomic mass is 16.1. The van der Waals surface area contributed by atoms with Gasteiger partial charge in [-0.25, -0.2) is 0 Å². The molecule has 1 unspecified atom stereocenters. The van der Waals surface area contributed by atoms with E-state index in [2.05, 4.69) is 37.3 Å². The molecule has 0 fully saturated rings. The van der Waals surface area contributed by atoms with E-state index >= 15 is 0 Å². The summed E-state index contributed by atoms with van der Waals surface area (Å²) in [6.07, 6.45) is 13.2. The van der Waals surface area contributed by atoms with Crippen LogP contribution < -0.4 is 0 Å². The van der Waals surface area contributed by atoms with Gasteiger partial charge in [-0.1, -0.05) is 99.7 Å². The Morgan fingerprint density at radius 1 is 0.677 bits per heavy atom. The lowest BCUT2D eigenvalue weighted by molar-refractivity contribution is -0.123. The summed E-state index contributed by atoms with van der Waals surface area (Å²) in [5.74, 6) is 0.974. The fourth-order valence-electron chi connectivity index (χ4n) is 4.28. The van der Waals surface area contributed by atoms with E-state index in [1.165, 1.54) is 12.0 Å². The van der Waals surface area contributed by atoms with Gasteiger partial charge in [0.15, 0.2) is 5.78 Å². The lowest BCUT2D eigenvalue weighted by Crippen LogP contribution is -2.14. The van der Waals surface area contributed by atoms with E-state index in [0.717, 1.165) is 76.2 Å². The number of hydrogen-bond donors (Lipinski definition) is 0. The molecule has 0 aliphatic heterocycles. The first-order valence-electron chi connectivity index (χ1n) is 12.4.